The van der Waals surface area contributed by atoms with Gasteiger partial charge >= 0.3 is 0 Å². The number of nitrogens with one attached hydrogen (secondary N) is 2. The van der Waals surface area contributed by atoms with Gasteiger partial charge in [-0.05, 0) is 38.6 Å². The normalized spacial score (nSPS) is 16.6. The Morgan fingerprint density at radius 3 is 2.67 bits per heavy atom. The summed E-state index contributed by atoms with van der Waals surface area (Å²) in [7, 11) is 0. The Balaban J connectivity index is 2.05. The minimum absolute atomic E-state index is 0.602. The molecule has 0 unspecified atom stereocenters. The second-order valence-corrected chi connectivity index (χ2v) is 6.67. The summed E-state index contributed by atoms with van der Waals surface area (Å²) in [6.07, 6.45) is 3.36. The average Bonchev–Trinajstić information content (AvgIpc) is 2.58. The lowest BCUT2D eigenvalue weighted by molar-refractivity contribution is 0.0372. The van der Waals surface area contributed by atoms with Crippen LogP contribution in [0.15, 0.2) is 4.99 Å². The van der Waals surface area contributed by atoms with Crippen LogP contribution in [0.4, 0.5) is 0 Å². The standard InChI is InChI=1S/C18H38N4O2/c1-4-19-18(21-9-7-13-24-16-17(2)3)20-8-5-6-10-22-11-14-23-15-12-22/h17H,4-16H2,1-3H3,(H2,19,20,21). The van der Waals surface area contributed by atoms with Crippen molar-refractivity contribution in [1.29, 1.82) is 0 Å². The molecule has 1 saturated heterocycles. The maximum absolute atomic E-state index is 5.58. The number of guanidine groups is 1. The molecule has 142 valence electrons. The smallest absolute Gasteiger partial charge is 0.191 e. The summed E-state index contributed by atoms with van der Waals surface area (Å²) < 4.78 is 11.0. The Labute approximate surface area is 148 Å². The first-order valence-corrected chi connectivity index (χ1v) is 9.62. The maximum Gasteiger partial charge on any atom is 0.191 e. The molecule has 0 spiro atoms. The fourth-order valence-corrected chi connectivity index (χ4v) is 2.51. The average molecular weight is 343 g/mol. The van der Waals surface area contributed by atoms with Gasteiger partial charge in [-0.1, -0.05) is 13.8 Å². The molecule has 1 fully saturated rings. The van der Waals surface area contributed by atoms with Crippen LogP contribution in [0.2, 0.25) is 0 Å². The lowest BCUT2D eigenvalue weighted by atomic mass is 10.2. The molecular weight excluding hydrogens is 304 g/mol. The van der Waals surface area contributed by atoms with Gasteiger partial charge in [0.15, 0.2) is 5.96 Å². The van der Waals surface area contributed by atoms with Crippen molar-refractivity contribution in [2.75, 3.05) is 65.7 Å². The molecule has 0 amide bonds. The van der Waals surface area contributed by atoms with Gasteiger partial charge in [0.25, 0.3) is 0 Å². The number of aliphatic imine (C=N–C) groups is 1. The van der Waals surface area contributed by atoms with Crippen LogP contribution in [0.3, 0.4) is 0 Å². The third kappa shape index (κ3) is 11.6. The molecule has 24 heavy (non-hydrogen) atoms. The highest BCUT2D eigenvalue weighted by Crippen LogP contribution is 1.99. The first-order valence-electron chi connectivity index (χ1n) is 9.62. The van der Waals surface area contributed by atoms with Gasteiger partial charge in [0.1, 0.15) is 0 Å². The molecule has 2 N–H and O–H groups in total. The number of nitrogens with zero attached hydrogens (tertiary/aromatic N) is 2. The van der Waals surface area contributed by atoms with Crippen LogP contribution in [0.25, 0.3) is 0 Å². The Bertz CT molecular complexity index is 318. The maximum atomic E-state index is 5.58. The first-order chi connectivity index (χ1) is 11.7. The van der Waals surface area contributed by atoms with Gasteiger partial charge in [0.2, 0.25) is 0 Å². The predicted molar refractivity (Wildman–Crippen MR) is 101 cm³/mol. The van der Waals surface area contributed by atoms with E-state index < -0.39 is 0 Å². The highest BCUT2D eigenvalue weighted by Gasteiger charge is 2.08. The summed E-state index contributed by atoms with van der Waals surface area (Å²) in [5, 5.41) is 6.73. The molecule has 1 heterocycles. The van der Waals surface area contributed by atoms with Gasteiger partial charge in [-0.3, -0.25) is 9.89 Å². The number of hydrogen-bond acceptors (Lipinski definition) is 4. The number of morpholine rings is 1. The van der Waals surface area contributed by atoms with E-state index in [1.807, 2.05) is 0 Å². The molecule has 1 rings (SSSR count). The molecule has 0 aromatic rings. The molecule has 0 aromatic carbocycles. The number of rotatable bonds is 12. The Kier molecular flexibility index (Phi) is 12.8. The van der Waals surface area contributed by atoms with Crippen LogP contribution >= 0.6 is 0 Å². The van der Waals surface area contributed by atoms with Crippen molar-refractivity contribution in [1.82, 2.24) is 15.5 Å². The molecule has 0 radical (unpaired) electrons. The van der Waals surface area contributed by atoms with E-state index >= 15 is 0 Å². The molecule has 0 atom stereocenters. The van der Waals surface area contributed by atoms with Crippen LogP contribution in [-0.2, 0) is 9.47 Å². The Morgan fingerprint density at radius 2 is 1.96 bits per heavy atom. The van der Waals surface area contributed by atoms with E-state index in [2.05, 4.69) is 41.3 Å². The van der Waals surface area contributed by atoms with Crippen molar-refractivity contribution in [3.63, 3.8) is 0 Å². The third-order valence-electron chi connectivity index (χ3n) is 3.81. The SMILES string of the molecule is CCNC(=NCCCOCC(C)C)NCCCCN1CCOCC1. The highest BCUT2D eigenvalue weighted by atomic mass is 16.5. The van der Waals surface area contributed by atoms with Gasteiger partial charge < -0.3 is 20.1 Å². The van der Waals surface area contributed by atoms with E-state index in [1.54, 1.807) is 0 Å². The first kappa shape index (κ1) is 21.2. The summed E-state index contributed by atoms with van der Waals surface area (Å²) in [6, 6.07) is 0. The quantitative estimate of drug-likeness (QED) is 0.321. The second kappa shape index (κ2) is 14.5. The molecule has 0 aromatic heterocycles. The van der Waals surface area contributed by atoms with Gasteiger partial charge in [0, 0.05) is 45.9 Å². The van der Waals surface area contributed by atoms with Gasteiger partial charge in [0.05, 0.1) is 13.2 Å². The monoisotopic (exact) mass is 342 g/mol. The number of hydrogen-bond donors (Lipinski definition) is 2. The van der Waals surface area contributed by atoms with Gasteiger partial charge in [-0.25, -0.2) is 0 Å². The zero-order valence-electron chi connectivity index (χ0n) is 16.0. The van der Waals surface area contributed by atoms with E-state index in [0.717, 1.165) is 71.5 Å². The third-order valence-corrected chi connectivity index (χ3v) is 3.81. The van der Waals surface area contributed by atoms with Crippen molar-refractivity contribution in [2.24, 2.45) is 10.9 Å². The minimum atomic E-state index is 0.602. The summed E-state index contributed by atoms with van der Waals surface area (Å²) in [4.78, 5) is 7.09. The summed E-state index contributed by atoms with van der Waals surface area (Å²) in [5.41, 5.74) is 0. The predicted octanol–water partition coefficient (Wildman–Crippen LogP) is 1.72. The number of unbranched alkanes of at least 4 members (excludes halogenated alkanes) is 1. The molecule has 6 heteroatoms. The zero-order chi connectivity index (χ0) is 17.5. The summed E-state index contributed by atoms with van der Waals surface area (Å²) in [5.74, 6) is 1.53. The summed E-state index contributed by atoms with van der Waals surface area (Å²) in [6.45, 7) is 15.8. The molecule has 0 aliphatic carbocycles. The van der Waals surface area contributed by atoms with E-state index in [4.69, 9.17) is 9.47 Å². The second-order valence-electron chi connectivity index (χ2n) is 6.67. The van der Waals surface area contributed by atoms with Crippen molar-refractivity contribution >= 4 is 5.96 Å². The van der Waals surface area contributed by atoms with Crippen molar-refractivity contribution < 1.29 is 9.47 Å². The fraction of sp³-hybridized carbons (Fsp3) is 0.944. The van der Waals surface area contributed by atoms with Crippen LogP contribution in [0.5, 0.6) is 0 Å². The topological polar surface area (TPSA) is 58.1 Å². The van der Waals surface area contributed by atoms with E-state index in [-0.39, 0.29) is 0 Å². The van der Waals surface area contributed by atoms with Crippen LogP contribution in [0, 0.1) is 5.92 Å². The lowest BCUT2D eigenvalue weighted by Gasteiger charge is -2.26. The molecule has 0 bridgehead atoms. The van der Waals surface area contributed by atoms with Crippen LogP contribution in [0.1, 0.15) is 40.0 Å². The fourth-order valence-electron chi connectivity index (χ4n) is 2.51. The summed E-state index contributed by atoms with van der Waals surface area (Å²) >= 11 is 0. The molecule has 1 aliphatic heterocycles. The Morgan fingerprint density at radius 1 is 1.17 bits per heavy atom. The van der Waals surface area contributed by atoms with E-state index in [0.29, 0.717) is 5.92 Å². The molecular formula is C18H38N4O2. The van der Waals surface area contributed by atoms with Crippen molar-refractivity contribution in [2.45, 2.75) is 40.0 Å². The molecule has 6 nitrogen and oxygen atoms in total. The van der Waals surface area contributed by atoms with Crippen LogP contribution in [-0.4, -0.2) is 76.6 Å². The van der Waals surface area contributed by atoms with Gasteiger partial charge in [-0.2, -0.15) is 0 Å². The minimum Gasteiger partial charge on any atom is -0.381 e. The van der Waals surface area contributed by atoms with E-state index in [1.165, 1.54) is 19.4 Å². The largest absolute Gasteiger partial charge is 0.381 e. The van der Waals surface area contributed by atoms with Crippen molar-refractivity contribution in [3.8, 4) is 0 Å². The van der Waals surface area contributed by atoms with Gasteiger partial charge in [-0.15, -0.1) is 0 Å². The zero-order valence-corrected chi connectivity index (χ0v) is 16.0. The highest BCUT2D eigenvalue weighted by molar-refractivity contribution is 5.79. The Hall–Kier alpha value is -0.850. The molecule has 1 aliphatic rings. The lowest BCUT2D eigenvalue weighted by Crippen LogP contribution is -2.39. The van der Waals surface area contributed by atoms with Crippen molar-refractivity contribution in [3.05, 3.63) is 0 Å². The van der Waals surface area contributed by atoms with E-state index in [9.17, 15) is 0 Å². The molecule has 0 saturated carbocycles. The number of ether oxygens (including phenoxy) is 2. The van der Waals surface area contributed by atoms with Crippen LogP contribution < -0.4 is 10.6 Å².